The second-order valence-corrected chi connectivity index (χ2v) is 8.19. The Labute approximate surface area is 139 Å². The van der Waals surface area contributed by atoms with Gasteiger partial charge in [0, 0.05) is 12.6 Å². The molecular weight excluding hydrogens is 294 g/mol. The summed E-state index contributed by atoms with van der Waals surface area (Å²) < 4.78 is 10.8. The first-order chi connectivity index (χ1) is 10.7. The molecule has 0 unspecified atom stereocenters. The fraction of sp³-hybridized carbons (Fsp3) is 0.889. The van der Waals surface area contributed by atoms with Gasteiger partial charge < -0.3 is 14.4 Å². The van der Waals surface area contributed by atoms with Crippen LogP contribution in [0.2, 0.25) is 0 Å². The Hall–Kier alpha value is -1.26. The van der Waals surface area contributed by atoms with Crippen LogP contribution in [0, 0.1) is 23.7 Å². The lowest BCUT2D eigenvalue weighted by Crippen LogP contribution is -2.46. The molecule has 23 heavy (non-hydrogen) atoms. The lowest BCUT2D eigenvalue weighted by molar-refractivity contribution is -0.145. The third kappa shape index (κ3) is 4.18. The molecule has 0 spiro atoms. The first kappa shape index (κ1) is 18.1. The van der Waals surface area contributed by atoms with Crippen LogP contribution in [0.5, 0.6) is 0 Å². The van der Waals surface area contributed by atoms with E-state index in [1.165, 1.54) is 0 Å². The molecule has 0 bridgehead atoms. The highest BCUT2D eigenvalue weighted by atomic mass is 16.6. The van der Waals surface area contributed by atoms with Crippen LogP contribution in [0.15, 0.2) is 0 Å². The van der Waals surface area contributed by atoms with Crippen molar-refractivity contribution in [2.24, 2.45) is 23.7 Å². The standard InChI is InChI=1S/C18H31NO4/c1-7-22-16(20)15-12-8-9-13(14(12)15)19(10-11(2)3)17(21)23-18(4,5)6/h11-15H,7-10H2,1-6H3/t12-,13-,14-,15+/m1/s1. The molecule has 0 N–H and O–H groups in total. The molecule has 5 nitrogen and oxygen atoms in total. The van der Waals surface area contributed by atoms with Crippen molar-refractivity contribution in [2.75, 3.05) is 13.2 Å². The Morgan fingerprint density at radius 1 is 1.22 bits per heavy atom. The third-order valence-corrected chi connectivity index (χ3v) is 4.62. The number of carbonyl (C=O) groups excluding carboxylic acids is 2. The zero-order valence-electron chi connectivity index (χ0n) is 15.3. The zero-order chi connectivity index (χ0) is 17.4. The van der Waals surface area contributed by atoms with Crippen LogP contribution in [0.4, 0.5) is 4.79 Å². The lowest BCUT2D eigenvalue weighted by Gasteiger charge is -2.34. The molecule has 132 valence electrons. The predicted octanol–water partition coefficient (Wildman–Crippen LogP) is 3.47. The number of esters is 1. The van der Waals surface area contributed by atoms with Gasteiger partial charge in [0.15, 0.2) is 0 Å². The minimum absolute atomic E-state index is 0.0224. The second-order valence-electron chi connectivity index (χ2n) is 8.19. The maximum absolute atomic E-state index is 12.6. The molecule has 2 fully saturated rings. The number of ether oxygens (including phenoxy) is 2. The fourth-order valence-corrected chi connectivity index (χ4v) is 3.85. The molecule has 2 saturated carbocycles. The Morgan fingerprint density at radius 2 is 1.87 bits per heavy atom. The lowest BCUT2D eigenvalue weighted by atomic mass is 10.0. The van der Waals surface area contributed by atoms with Crippen molar-refractivity contribution in [2.45, 2.75) is 66.0 Å². The van der Waals surface area contributed by atoms with Crippen LogP contribution in [-0.2, 0) is 14.3 Å². The van der Waals surface area contributed by atoms with Gasteiger partial charge in [-0.1, -0.05) is 13.8 Å². The summed E-state index contributed by atoms with van der Waals surface area (Å²) in [5.74, 6) is 0.879. The quantitative estimate of drug-likeness (QED) is 0.726. The van der Waals surface area contributed by atoms with Crippen molar-refractivity contribution >= 4 is 12.1 Å². The molecule has 0 aliphatic heterocycles. The van der Waals surface area contributed by atoms with E-state index >= 15 is 0 Å². The van der Waals surface area contributed by atoms with Gasteiger partial charge in [0.1, 0.15) is 5.60 Å². The maximum Gasteiger partial charge on any atom is 0.410 e. The first-order valence-electron chi connectivity index (χ1n) is 8.82. The van der Waals surface area contributed by atoms with E-state index in [9.17, 15) is 9.59 Å². The van der Waals surface area contributed by atoms with E-state index < -0.39 is 5.60 Å². The molecule has 2 aliphatic rings. The number of fused-ring (bicyclic) bond motifs is 1. The van der Waals surface area contributed by atoms with Gasteiger partial charge in [-0.05, 0) is 58.3 Å². The van der Waals surface area contributed by atoms with Gasteiger partial charge >= 0.3 is 12.1 Å². The predicted molar refractivity (Wildman–Crippen MR) is 87.9 cm³/mol. The highest BCUT2D eigenvalue weighted by Gasteiger charge is 2.64. The molecule has 1 amide bonds. The van der Waals surface area contributed by atoms with Crippen LogP contribution < -0.4 is 0 Å². The van der Waals surface area contributed by atoms with E-state index in [-0.39, 0.29) is 29.9 Å². The van der Waals surface area contributed by atoms with Crippen molar-refractivity contribution < 1.29 is 19.1 Å². The largest absolute Gasteiger partial charge is 0.466 e. The van der Waals surface area contributed by atoms with E-state index in [1.54, 1.807) is 0 Å². The molecule has 2 aliphatic carbocycles. The van der Waals surface area contributed by atoms with Gasteiger partial charge in [-0.2, -0.15) is 0 Å². The average molecular weight is 325 g/mol. The number of nitrogens with zero attached hydrogens (tertiary/aromatic N) is 1. The molecule has 0 heterocycles. The number of hydrogen-bond donors (Lipinski definition) is 0. The molecular formula is C18H31NO4. The summed E-state index contributed by atoms with van der Waals surface area (Å²) in [6, 6.07) is 0.103. The minimum Gasteiger partial charge on any atom is -0.466 e. The van der Waals surface area contributed by atoms with Crippen molar-refractivity contribution in [3.8, 4) is 0 Å². The Morgan fingerprint density at radius 3 is 2.39 bits per heavy atom. The van der Waals surface area contributed by atoms with E-state index in [1.807, 2.05) is 32.6 Å². The SMILES string of the molecule is CCOC(=O)[C@H]1[C@@H]2CC[C@@H](N(CC(C)C)C(=O)OC(C)(C)C)[C@@H]21. The number of rotatable bonds is 5. The van der Waals surface area contributed by atoms with E-state index in [0.717, 1.165) is 12.8 Å². The molecule has 4 atom stereocenters. The average Bonchev–Trinajstić information content (AvgIpc) is 2.96. The molecule has 0 aromatic rings. The van der Waals surface area contributed by atoms with Gasteiger partial charge in [-0.15, -0.1) is 0 Å². The van der Waals surface area contributed by atoms with Gasteiger partial charge in [0.05, 0.1) is 12.5 Å². The second kappa shape index (κ2) is 6.70. The number of amides is 1. The van der Waals surface area contributed by atoms with E-state index in [0.29, 0.717) is 25.0 Å². The van der Waals surface area contributed by atoms with Crippen LogP contribution in [-0.4, -0.2) is 41.8 Å². The van der Waals surface area contributed by atoms with Gasteiger partial charge in [0.25, 0.3) is 0 Å². The molecule has 2 rings (SSSR count). The molecule has 0 aromatic heterocycles. The minimum atomic E-state index is -0.506. The van der Waals surface area contributed by atoms with Crippen molar-refractivity contribution in [3.63, 3.8) is 0 Å². The van der Waals surface area contributed by atoms with E-state index in [2.05, 4.69) is 13.8 Å². The van der Waals surface area contributed by atoms with Crippen molar-refractivity contribution in [3.05, 3.63) is 0 Å². The highest BCUT2D eigenvalue weighted by Crippen LogP contribution is 2.59. The summed E-state index contributed by atoms with van der Waals surface area (Å²) in [6.45, 7) is 12.8. The van der Waals surface area contributed by atoms with Crippen molar-refractivity contribution in [1.29, 1.82) is 0 Å². The molecule has 0 radical (unpaired) electrons. The maximum atomic E-state index is 12.6. The van der Waals surface area contributed by atoms with Gasteiger partial charge in [0.2, 0.25) is 0 Å². The van der Waals surface area contributed by atoms with Crippen LogP contribution in [0.1, 0.15) is 54.4 Å². The summed E-state index contributed by atoms with van der Waals surface area (Å²) in [5, 5.41) is 0. The first-order valence-corrected chi connectivity index (χ1v) is 8.82. The zero-order valence-corrected chi connectivity index (χ0v) is 15.3. The summed E-state index contributed by atoms with van der Waals surface area (Å²) in [6.07, 6.45) is 1.69. The van der Waals surface area contributed by atoms with Crippen LogP contribution in [0.3, 0.4) is 0 Å². The fourth-order valence-electron chi connectivity index (χ4n) is 3.85. The summed E-state index contributed by atoms with van der Waals surface area (Å²) in [7, 11) is 0. The van der Waals surface area contributed by atoms with E-state index in [4.69, 9.17) is 9.47 Å². The molecule has 5 heteroatoms. The molecule has 0 aromatic carbocycles. The topological polar surface area (TPSA) is 55.8 Å². The summed E-state index contributed by atoms with van der Waals surface area (Å²) >= 11 is 0. The van der Waals surface area contributed by atoms with Gasteiger partial charge in [-0.25, -0.2) is 4.79 Å². The Bertz CT molecular complexity index is 454. The third-order valence-electron chi connectivity index (χ3n) is 4.62. The Balaban J connectivity index is 2.08. The highest BCUT2D eigenvalue weighted by molar-refractivity contribution is 5.77. The monoisotopic (exact) mass is 325 g/mol. The van der Waals surface area contributed by atoms with Crippen LogP contribution >= 0.6 is 0 Å². The van der Waals surface area contributed by atoms with Crippen molar-refractivity contribution in [1.82, 2.24) is 4.90 Å². The van der Waals surface area contributed by atoms with Gasteiger partial charge in [-0.3, -0.25) is 4.79 Å². The number of hydrogen-bond acceptors (Lipinski definition) is 4. The van der Waals surface area contributed by atoms with Crippen LogP contribution in [0.25, 0.3) is 0 Å². The summed E-state index contributed by atoms with van der Waals surface area (Å²) in [5.41, 5.74) is -0.506. The Kier molecular flexibility index (Phi) is 5.27. The molecule has 0 saturated heterocycles. The summed E-state index contributed by atoms with van der Waals surface area (Å²) in [4.78, 5) is 26.5. The number of carbonyl (C=O) groups is 2. The normalized spacial score (nSPS) is 29.2. The smallest absolute Gasteiger partial charge is 0.410 e.